The Bertz CT molecular complexity index is 466. The van der Waals surface area contributed by atoms with Gasteiger partial charge in [-0.2, -0.15) is 0 Å². The van der Waals surface area contributed by atoms with E-state index in [0.717, 1.165) is 31.5 Å². The molecule has 0 fully saturated rings. The molecule has 0 spiro atoms. The monoisotopic (exact) mass is 315 g/mol. The van der Waals surface area contributed by atoms with Crippen molar-refractivity contribution < 1.29 is 4.92 Å². The van der Waals surface area contributed by atoms with Gasteiger partial charge in [0.25, 0.3) is 0 Å². The van der Waals surface area contributed by atoms with E-state index in [0.29, 0.717) is 18.1 Å². The lowest BCUT2D eigenvalue weighted by Crippen LogP contribution is -2.12. The van der Waals surface area contributed by atoms with Gasteiger partial charge in [-0.3, -0.25) is 0 Å². The van der Waals surface area contributed by atoms with Crippen molar-refractivity contribution in [2.45, 2.75) is 71.8 Å². The fraction of sp³-hybridized carbons (Fsp3) is 0.800. The molecule has 0 aromatic carbocycles. The van der Waals surface area contributed by atoms with Crippen LogP contribution in [0.15, 0.2) is 0 Å². The molecule has 0 aliphatic rings. The van der Waals surface area contributed by atoms with E-state index >= 15 is 0 Å². The predicted octanol–water partition coefficient (Wildman–Crippen LogP) is 4.84. The van der Waals surface area contributed by atoms with Crippen LogP contribution < -0.4 is 0 Å². The predicted molar refractivity (Wildman–Crippen MR) is 86.2 cm³/mol. The lowest BCUT2D eigenvalue weighted by Gasteiger charge is -2.10. The normalized spacial score (nSPS) is 11.6. The summed E-state index contributed by atoms with van der Waals surface area (Å²) in [5.74, 6) is 1.71. The third-order valence-electron chi connectivity index (χ3n) is 4.20. The first kappa shape index (κ1) is 18.0. The average molecular weight is 316 g/mol. The standard InChI is InChI=1S/C15H26ClN3O2/c1-5-11(6-2)13-15(19(20)21)18(10-9-16)14(17-13)12(7-3)8-4/h11-12H,5-10H2,1-4H3. The molecule has 1 rings (SSSR count). The van der Waals surface area contributed by atoms with Crippen molar-refractivity contribution in [2.75, 3.05) is 5.88 Å². The molecular formula is C15H26ClN3O2. The van der Waals surface area contributed by atoms with Crippen LogP contribution in [0.3, 0.4) is 0 Å². The summed E-state index contributed by atoms with van der Waals surface area (Å²) < 4.78 is 1.73. The molecule has 0 unspecified atom stereocenters. The van der Waals surface area contributed by atoms with E-state index in [9.17, 15) is 10.1 Å². The van der Waals surface area contributed by atoms with Gasteiger partial charge in [-0.05, 0) is 30.6 Å². The van der Waals surface area contributed by atoms with Crippen LogP contribution in [0.1, 0.15) is 76.7 Å². The maximum atomic E-state index is 11.6. The Morgan fingerprint density at radius 1 is 1.14 bits per heavy atom. The second-order valence-electron chi connectivity index (χ2n) is 5.30. The number of nitrogens with zero attached hydrogens (tertiary/aromatic N) is 3. The van der Waals surface area contributed by atoms with E-state index in [1.54, 1.807) is 4.57 Å². The molecule has 0 saturated heterocycles. The Labute approximate surface area is 131 Å². The summed E-state index contributed by atoms with van der Waals surface area (Å²) >= 11 is 5.86. The van der Waals surface area contributed by atoms with E-state index in [1.807, 2.05) is 0 Å². The molecule has 0 aliphatic carbocycles. The third kappa shape index (κ3) is 3.76. The van der Waals surface area contributed by atoms with E-state index < -0.39 is 0 Å². The van der Waals surface area contributed by atoms with Crippen LogP contribution in [-0.4, -0.2) is 20.4 Å². The van der Waals surface area contributed by atoms with Gasteiger partial charge in [0.2, 0.25) is 0 Å². The van der Waals surface area contributed by atoms with Crippen LogP contribution >= 0.6 is 11.6 Å². The highest BCUT2D eigenvalue weighted by Gasteiger charge is 2.32. The highest BCUT2D eigenvalue weighted by molar-refractivity contribution is 6.17. The number of halogens is 1. The Hall–Kier alpha value is -1.10. The Kier molecular flexibility index (Phi) is 7.15. The molecular weight excluding hydrogens is 290 g/mol. The molecule has 0 saturated carbocycles. The minimum absolute atomic E-state index is 0.134. The fourth-order valence-electron chi connectivity index (χ4n) is 2.89. The van der Waals surface area contributed by atoms with Gasteiger partial charge in [-0.15, -0.1) is 11.6 Å². The van der Waals surface area contributed by atoms with Crippen LogP contribution in [0, 0.1) is 10.1 Å². The zero-order valence-electron chi connectivity index (χ0n) is 13.4. The van der Waals surface area contributed by atoms with Crippen molar-refractivity contribution in [3.05, 3.63) is 21.6 Å². The van der Waals surface area contributed by atoms with Crippen LogP contribution in [0.25, 0.3) is 0 Å². The summed E-state index contributed by atoms with van der Waals surface area (Å²) in [6, 6.07) is 0. The van der Waals surface area contributed by atoms with Crippen molar-refractivity contribution in [2.24, 2.45) is 0 Å². The molecule has 0 amide bonds. The number of aromatic nitrogens is 2. The van der Waals surface area contributed by atoms with Crippen molar-refractivity contribution in [1.29, 1.82) is 0 Å². The number of hydrogen-bond acceptors (Lipinski definition) is 3. The summed E-state index contributed by atoms with van der Waals surface area (Å²) in [6.07, 6.45) is 3.57. The number of rotatable bonds is 9. The van der Waals surface area contributed by atoms with Gasteiger partial charge in [0, 0.05) is 11.8 Å². The minimum atomic E-state index is -0.293. The molecule has 21 heavy (non-hydrogen) atoms. The average Bonchev–Trinajstić information content (AvgIpc) is 2.82. The molecule has 0 aliphatic heterocycles. The molecule has 0 atom stereocenters. The number of imidazole rings is 1. The Morgan fingerprint density at radius 3 is 2.05 bits per heavy atom. The largest absolute Gasteiger partial charge is 0.358 e. The summed E-state index contributed by atoms with van der Waals surface area (Å²) in [7, 11) is 0. The highest BCUT2D eigenvalue weighted by atomic mass is 35.5. The van der Waals surface area contributed by atoms with E-state index in [1.165, 1.54) is 0 Å². The van der Waals surface area contributed by atoms with Crippen molar-refractivity contribution >= 4 is 17.4 Å². The lowest BCUT2D eigenvalue weighted by molar-refractivity contribution is -0.393. The second kappa shape index (κ2) is 8.37. The van der Waals surface area contributed by atoms with Gasteiger partial charge < -0.3 is 10.1 Å². The molecule has 1 aromatic heterocycles. The van der Waals surface area contributed by atoms with E-state index in [2.05, 4.69) is 27.7 Å². The molecule has 1 heterocycles. The minimum Gasteiger partial charge on any atom is -0.358 e. The Balaban J connectivity index is 3.50. The third-order valence-corrected chi connectivity index (χ3v) is 4.37. The van der Waals surface area contributed by atoms with Crippen molar-refractivity contribution in [1.82, 2.24) is 9.55 Å². The molecule has 120 valence electrons. The van der Waals surface area contributed by atoms with Crippen LogP contribution in [0.4, 0.5) is 5.82 Å². The number of nitro groups is 1. The maximum absolute atomic E-state index is 11.6. The van der Waals surface area contributed by atoms with Gasteiger partial charge >= 0.3 is 5.82 Å². The summed E-state index contributed by atoms with van der Waals surface area (Å²) in [4.78, 5) is 16.0. The SMILES string of the molecule is CCC(CC)c1nc(C(CC)CC)n(CCCl)c1[N+](=O)[O-]. The fourth-order valence-corrected chi connectivity index (χ4v) is 3.06. The smallest absolute Gasteiger partial charge is 0.346 e. The van der Waals surface area contributed by atoms with Crippen LogP contribution in [-0.2, 0) is 6.54 Å². The van der Waals surface area contributed by atoms with E-state index in [4.69, 9.17) is 16.6 Å². The molecule has 0 bridgehead atoms. The van der Waals surface area contributed by atoms with Gasteiger partial charge in [0.15, 0.2) is 5.82 Å². The molecule has 5 nitrogen and oxygen atoms in total. The first-order chi connectivity index (χ1) is 10.0. The Morgan fingerprint density at radius 2 is 1.67 bits per heavy atom. The van der Waals surface area contributed by atoms with Gasteiger partial charge in [-0.1, -0.05) is 27.7 Å². The second-order valence-corrected chi connectivity index (χ2v) is 5.68. The molecule has 0 N–H and O–H groups in total. The van der Waals surface area contributed by atoms with Gasteiger partial charge in [-0.25, -0.2) is 9.55 Å². The van der Waals surface area contributed by atoms with Gasteiger partial charge in [0.1, 0.15) is 12.2 Å². The summed E-state index contributed by atoms with van der Waals surface area (Å²) in [5.41, 5.74) is 0.636. The summed E-state index contributed by atoms with van der Waals surface area (Å²) in [5, 5.41) is 11.6. The molecule has 0 radical (unpaired) electrons. The highest BCUT2D eigenvalue weighted by Crippen LogP contribution is 2.35. The summed E-state index contributed by atoms with van der Waals surface area (Å²) in [6.45, 7) is 8.73. The van der Waals surface area contributed by atoms with Crippen LogP contribution in [0.2, 0.25) is 0 Å². The maximum Gasteiger partial charge on any atom is 0.346 e. The molecule has 6 heteroatoms. The van der Waals surface area contributed by atoms with Gasteiger partial charge in [0.05, 0.1) is 5.88 Å². The first-order valence-electron chi connectivity index (χ1n) is 7.86. The number of hydrogen-bond donors (Lipinski definition) is 0. The topological polar surface area (TPSA) is 61.0 Å². The molecule has 1 aromatic rings. The van der Waals surface area contributed by atoms with E-state index in [-0.39, 0.29) is 22.6 Å². The number of alkyl halides is 1. The van der Waals surface area contributed by atoms with Crippen molar-refractivity contribution in [3.63, 3.8) is 0 Å². The van der Waals surface area contributed by atoms with Crippen LogP contribution in [0.5, 0.6) is 0 Å². The zero-order chi connectivity index (χ0) is 16.0. The quantitative estimate of drug-likeness (QED) is 0.372. The first-order valence-corrected chi connectivity index (χ1v) is 8.39. The zero-order valence-corrected chi connectivity index (χ0v) is 14.2. The lowest BCUT2D eigenvalue weighted by atomic mass is 9.99. The van der Waals surface area contributed by atoms with Crippen molar-refractivity contribution in [3.8, 4) is 0 Å².